The summed E-state index contributed by atoms with van der Waals surface area (Å²) < 4.78 is 8.28. The van der Waals surface area contributed by atoms with Crippen LogP contribution in [0.5, 0.6) is 0 Å². The van der Waals surface area contributed by atoms with Crippen molar-refractivity contribution in [3.8, 4) is 0 Å². The molecule has 0 spiro atoms. The van der Waals surface area contributed by atoms with E-state index in [1.807, 2.05) is 13.8 Å². The summed E-state index contributed by atoms with van der Waals surface area (Å²) in [4.78, 5) is 47.4. The SMILES string of the molecule is CC.CCN(CC(=O)O)C(=O)OCO[P+](O)(O)O. The fourth-order valence-electron chi connectivity index (χ4n) is 0.707. The van der Waals surface area contributed by atoms with Crippen LogP contribution in [0.3, 0.4) is 0 Å². The first-order valence-corrected chi connectivity index (χ1v) is 6.68. The first-order chi connectivity index (χ1) is 8.26. The molecule has 0 fully saturated rings. The highest BCUT2D eigenvalue weighted by molar-refractivity contribution is 7.53. The number of aliphatic carboxylic acids is 1. The lowest BCUT2D eigenvalue weighted by Crippen LogP contribution is -2.36. The van der Waals surface area contributed by atoms with Crippen LogP contribution in [0.1, 0.15) is 20.8 Å². The predicted octanol–water partition coefficient (Wildman–Crippen LogP) is 0.184. The van der Waals surface area contributed by atoms with Crippen molar-refractivity contribution < 1.29 is 38.6 Å². The fraction of sp³-hybridized carbons (Fsp3) is 0.750. The second-order valence-corrected chi connectivity index (χ2v) is 3.86. The molecule has 0 aromatic rings. The average Bonchev–Trinajstić information content (AvgIpc) is 2.26. The minimum Gasteiger partial charge on any atom is -0.480 e. The molecule has 10 heteroatoms. The number of amides is 1. The monoisotopic (exact) mass is 288 g/mol. The fourth-order valence-corrected chi connectivity index (χ4v) is 0.902. The van der Waals surface area contributed by atoms with E-state index in [1.54, 1.807) is 0 Å². The van der Waals surface area contributed by atoms with E-state index in [1.165, 1.54) is 6.92 Å². The lowest BCUT2D eigenvalue weighted by atomic mass is 10.5. The van der Waals surface area contributed by atoms with Crippen LogP contribution in [0, 0.1) is 0 Å². The minimum atomic E-state index is -4.45. The molecule has 0 saturated heterocycles. The molecule has 0 unspecified atom stereocenters. The van der Waals surface area contributed by atoms with E-state index in [4.69, 9.17) is 19.8 Å². The van der Waals surface area contributed by atoms with Crippen LogP contribution in [0.15, 0.2) is 0 Å². The summed E-state index contributed by atoms with van der Waals surface area (Å²) in [6, 6.07) is 0. The molecular weight excluding hydrogens is 269 g/mol. The predicted molar refractivity (Wildman–Crippen MR) is 62.2 cm³/mol. The van der Waals surface area contributed by atoms with E-state index in [-0.39, 0.29) is 6.54 Å². The molecule has 0 aliphatic carbocycles. The largest absolute Gasteiger partial charge is 0.570 e. The molecule has 0 aromatic carbocycles. The first-order valence-electron chi connectivity index (χ1n) is 5.11. The molecule has 0 atom stereocenters. The summed E-state index contributed by atoms with van der Waals surface area (Å²) in [7, 11) is -4.45. The van der Waals surface area contributed by atoms with Crippen molar-refractivity contribution in [3.05, 3.63) is 0 Å². The molecule has 0 rings (SSSR count). The van der Waals surface area contributed by atoms with Crippen molar-refractivity contribution in [1.29, 1.82) is 0 Å². The zero-order valence-corrected chi connectivity index (χ0v) is 11.3. The summed E-state index contributed by atoms with van der Waals surface area (Å²) in [6.07, 6.45) is -1.00. The van der Waals surface area contributed by atoms with Crippen LogP contribution in [-0.2, 0) is 14.1 Å². The van der Waals surface area contributed by atoms with Gasteiger partial charge in [0.2, 0.25) is 6.79 Å². The molecule has 0 aliphatic heterocycles. The van der Waals surface area contributed by atoms with Gasteiger partial charge in [-0.3, -0.25) is 9.69 Å². The van der Waals surface area contributed by atoms with Crippen LogP contribution >= 0.6 is 8.17 Å². The Balaban J connectivity index is 0. The molecule has 0 saturated carbocycles. The Morgan fingerprint density at radius 2 is 1.72 bits per heavy atom. The van der Waals surface area contributed by atoms with Crippen molar-refractivity contribution in [2.24, 2.45) is 0 Å². The van der Waals surface area contributed by atoms with Gasteiger partial charge in [0.05, 0.1) is 0 Å². The number of carboxylic acid groups (broad SMARTS) is 1. The van der Waals surface area contributed by atoms with Gasteiger partial charge in [-0.05, 0) is 6.92 Å². The third kappa shape index (κ3) is 11.5. The smallest absolute Gasteiger partial charge is 0.480 e. The topological polar surface area (TPSA) is 137 Å². The Morgan fingerprint density at radius 1 is 1.22 bits per heavy atom. The van der Waals surface area contributed by atoms with E-state index in [2.05, 4.69) is 9.26 Å². The highest BCUT2D eigenvalue weighted by Crippen LogP contribution is 2.45. The number of ether oxygens (including phenoxy) is 1. The van der Waals surface area contributed by atoms with Crippen LogP contribution in [0.25, 0.3) is 0 Å². The molecular formula is C8H19NO8P+. The maximum absolute atomic E-state index is 11.1. The van der Waals surface area contributed by atoms with Gasteiger partial charge in [-0.2, -0.15) is 14.7 Å². The van der Waals surface area contributed by atoms with Gasteiger partial charge in [-0.25, -0.2) is 4.79 Å². The molecule has 108 valence electrons. The van der Waals surface area contributed by atoms with Gasteiger partial charge in [-0.1, -0.05) is 13.8 Å². The normalized spacial score (nSPS) is 10.1. The van der Waals surface area contributed by atoms with E-state index in [0.717, 1.165) is 4.90 Å². The minimum absolute atomic E-state index is 0.1000. The summed E-state index contributed by atoms with van der Waals surface area (Å²) in [5, 5.41) is 8.42. The Kier molecular flexibility index (Phi) is 10.7. The Morgan fingerprint density at radius 3 is 2.06 bits per heavy atom. The molecule has 18 heavy (non-hydrogen) atoms. The number of hydrogen-bond acceptors (Lipinski definition) is 7. The maximum Gasteiger partial charge on any atom is 0.570 e. The van der Waals surface area contributed by atoms with E-state index in [0.29, 0.717) is 0 Å². The zero-order chi connectivity index (χ0) is 14.8. The Bertz CT molecular complexity index is 254. The van der Waals surface area contributed by atoms with Crippen LogP contribution in [-0.4, -0.2) is 56.6 Å². The van der Waals surface area contributed by atoms with Crippen LogP contribution in [0.2, 0.25) is 0 Å². The number of carbonyl (C=O) groups excluding carboxylic acids is 1. The molecule has 0 heterocycles. The lowest BCUT2D eigenvalue weighted by Gasteiger charge is -2.17. The van der Waals surface area contributed by atoms with Gasteiger partial charge in [0.25, 0.3) is 0 Å². The van der Waals surface area contributed by atoms with Crippen molar-refractivity contribution in [1.82, 2.24) is 4.90 Å². The third-order valence-electron chi connectivity index (χ3n) is 1.37. The number of carboxylic acids is 1. The van der Waals surface area contributed by atoms with E-state index < -0.39 is 33.6 Å². The summed E-state index contributed by atoms with van der Waals surface area (Å²) in [5.41, 5.74) is 0. The van der Waals surface area contributed by atoms with Gasteiger partial charge >= 0.3 is 20.2 Å². The number of likely N-dealkylation sites (N-methyl/N-ethyl adjacent to an activating group) is 1. The van der Waals surface area contributed by atoms with Gasteiger partial charge in [0, 0.05) is 6.54 Å². The van der Waals surface area contributed by atoms with Crippen LogP contribution < -0.4 is 0 Å². The standard InChI is InChI=1S/C6H12NO8P.C2H6/c1-2-7(3-5(8)9)6(10)14-4-15-16(11,12)13;1-2/h11-13H,2-4H2,1H3;1-2H3/p+1. The molecule has 0 bridgehead atoms. The molecule has 0 aromatic heterocycles. The van der Waals surface area contributed by atoms with Gasteiger partial charge in [-0.15, -0.1) is 4.52 Å². The number of carbonyl (C=O) groups is 2. The number of rotatable bonds is 6. The summed E-state index contributed by atoms with van der Waals surface area (Å²) in [6.45, 7) is 4.20. The van der Waals surface area contributed by atoms with E-state index >= 15 is 0 Å². The van der Waals surface area contributed by atoms with Crippen molar-refractivity contribution in [3.63, 3.8) is 0 Å². The highest BCUT2D eigenvalue weighted by Gasteiger charge is 2.34. The molecule has 0 radical (unpaired) electrons. The Hall–Kier alpha value is -0.990. The third-order valence-corrected chi connectivity index (χ3v) is 1.83. The number of hydrogen-bond donors (Lipinski definition) is 4. The van der Waals surface area contributed by atoms with Gasteiger partial charge in [0.1, 0.15) is 6.54 Å². The number of nitrogens with zero attached hydrogens (tertiary/aromatic N) is 1. The highest BCUT2D eigenvalue weighted by atomic mass is 31.2. The van der Waals surface area contributed by atoms with Crippen molar-refractivity contribution in [2.45, 2.75) is 20.8 Å². The molecule has 4 N–H and O–H groups in total. The maximum atomic E-state index is 11.1. The lowest BCUT2D eigenvalue weighted by molar-refractivity contribution is -0.138. The second-order valence-electron chi connectivity index (χ2n) is 2.58. The van der Waals surface area contributed by atoms with Crippen LogP contribution in [0.4, 0.5) is 4.79 Å². The average molecular weight is 288 g/mol. The zero-order valence-electron chi connectivity index (χ0n) is 10.4. The molecule has 9 nitrogen and oxygen atoms in total. The quantitative estimate of drug-likeness (QED) is 0.401. The van der Waals surface area contributed by atoms with Gasteiger partial charge < -0.3 is 9.84 Å². The first kappa shape index (κ1) is 19.4. The Labute approximate surface area is 105 Å². The summed E-state index contributed by atoms with van der Waals surface area (Å²) in [5.74, 6) is -1.21. The molecule has 0 aliphatic rings. The van der Waals surface area contributed by atoms with E-state index in [9.17, 15) is 9.59 Å². The van der Waals surface area contributed by atoms with Gasteiger partial charge in [0.15, 0.2) is 0 Å². The molecule has 1 amide bonds. The summed E-state index contributed by atoms with van der Waals surface area (Å²) >= 11 is 0. The second kappa shape index (κ2) is 9.98. The van der Waals surface area contributed by atoms with Crippen molar-refractivity contribution >= 4 is 20.2 Å². The van der Waals surface area contributed by atoms with Crippen molar-refractivity contribution in [2.75, 3.05) is 19.9 Å².